The Bertz CT molecular complexity index is 898. The fourth-order valence-corrected chi connectivity index (χ4v) is 3.63. The highest BCUT2D eigenvalue weighted by Gasteiger charge is 2.31. The molecule has 2 aromatic rings. The summed E-state index contributed by atoms with van der Waals surface area (Å²) in [6.45, 7) is 3.39. The predicted octanol–water partition coefficient (Wildman–Crippen LogP) is 3.62. The average Bonchev–Trinajstić information content (AvgIpc) is 2.65. The van der Waals surface area contributed by atoms with Gasteiger partial charge in [0.15, 0.2) is 0 Å². The van der Waals surface area contributed by atoms with Crippen LogP contribution in [0.5, 0.6) is 5.75 Å². The summed E-state index contributed by atoms with van der Waals surface area (Å²) in [4.78, 5) is 13.1. The number of hydrogen-bond acceptors (Lipinski definition) is 5. The first-order valence-corrected chi connectivity index (χ1v) is 9.04. The van der Waals surface area contributed by atoms with Crippen LogP contribution in [0.25, 0.3) is 6.08 Å². The van der Waals surface area contributed by atoms with Gasteiger partial charge in [-0.25, -0.2) is 4.39 Å². The minimum Gasteiger partial charge on any atom is -0.496 e. The van der Waals surface area contributed by atoms with Crippen molar-refractivity contribution in [3.05, 3.63) is 75.2 Å². The molecule has 1 aliphatic rings. The second-order valence-corrected chi connectivity index (χ2v) is 7.36. The van der Waals surface area contributed by atoms with Crippen molar-refractivity contribution >= 4 is 11.8 Å². The van der Waals surface area contributed by atoms with E-state index in [1.165, 1.54) is 25.3 Å². The highest BCUT2D eigenvalue weighted by atomic mass is 19.1. The lowest BCUT2D eigenvalue weighted by Gasteiger charge is -2.42. The summed E-state index contributed by atoms with van der Waals surface area (Å²) in [5.74, 6) is 0.223. The Morgan fingerprint density at radius 1 is 1.32 bits per heavy atom. The number of nitro groups is 1. The molecule has 148 valence electrons. The Kier molecular flexibility index (Phi) is 5.65. The number of rotatable bonds is 5. The van der Waals surface area contributed by atoms with Gasteiger partial charge < -0.3 is 15.0 Å². The van der Waals surface area contributed by atoms with Crippen molar-refractivity contribution in [3.8, 4) is 5.75 Å². The predicted molar refractivity (Wildman–Crippen MR) is 107 cm³/mol. The molecule has 28 heavy (non-hydrogen) atoms. The van der Waals surface area contributed by atoms with E-state index in [2.05, 4.69) is 17.1 Å². The second kappa shape index (κ2) is 7.98. The van der Waals surface area contributed by atoms with Gasteiger partial charge in [-0.15, -0.1) is 0 Å². The zero-order valence-corrected chi connectivity index (χ0v) is 16.2. The number of methoxy groups -OCH3 is 1. The molecule has 0 saturated carbocycles. The van der Waals surface area contributed by atoms with Crippen LogP contribution in [0.3, 0.4) is 0 Å². The molecule has 1 fully saturated rings. The van der Waals surface area contributed by atoms with Gasteiger partial charge in [-0.05, 0) is 43.2 Å². The van der Waals surface area contributed by atoms with Crippen molar-refractivity contribution in [1.82, 2.24) is 10.2 Å². The highest BCUT2D eigenvalue weighted by Crippen LogP contribution is 2.32. The van der Waals surface area contributed by atoms with Gasteiger partial charge in [0.1, 0.15) is 11.6 Å². The van der Waals surface area contributed by atoms with Gasteiger partial charge in [0.25, 0.3) is 5.69 Å². The van der Waals surface area contributed by atoms with Gasteiger partial charge in [0.2, 0.25) is 0 Å². The maximum absolute atomic E-state index is 13.1. The average molecular weight is 385 g/mol. The zero-order valence-electron chi connectivity index (χ0n) is 16.2. The van der Waals surface area contributed by atoms with Crippen molar-refractivity contribution in [3.63, 3.8) is 0 Å². The van der Waals surface area contributed by atoms with Crippen LogP contribution in [-0.4, -0.2) is 42.6 Å². The highest BCUT2D eigenvalue weighted by molar-refractivity contribution is 5.69. The third kappa shape index (κ3) is 4.31. The minimum atomic E-state index is -0.399. The number of piperazine rings is 1. The summed E-state index contributed by atoms with van der Waals surface area (Å²) in [5, 5.41) is 14.9. The molecule has 0 bridgehead atoms. The molecule has 2 aromatic carbocycles. The van der Waals surface area contributed by atoms with Crippen LogP contribution in [-0.2, 0) is 6.42 Å². The van der Waals surface area contributed by atoms with Crippen LogP contribution in [0, 0.1) is 15.9 Å². The van der Waals surface area contributed by atoms with Crippen LogP contribution in [0.1, 0.15) is 18.1 Å². The molecule has 0 aromatic heterocycles. The third-order valence-corrected chi connectivity index (χ3v) is 5.05. The molecule has 1 aliphatic heterocycles. The summed E-state index contributed by atoms with van der Waals surface area (Å²) in [7, 11) is 3.47. The zero-order chi connectivity index (χ0) is 20.3. The van der Waals surface area contributed by atoms with E-state index in [4.69, 9.17) is 4.74 Å². The topological polar surface area (TPSA) is 67.6 Å². The molecule has 6 nitrogen and oxygen atoms in total. The molecule has 3 rings (SSSR count). The molecule has 1 saturated heterocycles. The Balaban J connectivity index is 1.82. The second-order valence-electron chi connectivity index (χ2n) is 7.36. The number of nitrogens with zero attached hydrogens (tertiary/aromatic N) is 2. The minimum absolute atomic E-state index is 0.0138. The van der Waals surface area contributed by atoms with Crippen LogP contribution in [0.15, 0.2) is 48.2 Å². The van der Waals surface area contributed by atoms with Gasteiger partial charge in [-0.2, -0.15) is 0 Å². The molecule has 1 atom stereocenters. The Morgan fingerprint density at radius 2 is 2.04 bits per heavy atom. The smallest absolute Gasteiger partial charge is 0.280 e. The number of nitro benzene ring substituents is 1. The van der Waals surface area contributed by atoms with Gasteiger partial charge in [-0.1, -0.05) is 18.2 Å². The van der Waals surface area contributed by atoms with E-state index in [0.717, 1.165) is 17.7 Å². The summed E-state index contributed by atoms with van der Waals surface area (Å²) < 4.78 is 18.5. The van der Waals surface area contributed by atoms with Gasteiger partial charge in [-0.3, -0.25) is 10.1 Å². The molecular formula is C21H24FN3O3. The monoisotopic (exact) mass is 385 g/mol. The van der Waals surface area contributed by atoms with E-state index in [1.54, 1.807) is 30.3 Å². The largest absolute Gasteiger partial charge is 0.496 e. The van der Waals surface area contributed by atoms with Gasteiger partial charge >= 0.3 is 0 Å². The summed E-state index contributed by atoms with van der Waals surface area (Å²) in [6, 6.07) is 11.3. The molecule has 0 radical (unpaired) electrons. The number of ether oxygens (including phenoxy) is 1. The number of hydrogen-bond donors (Lipinski definition) is 1. The van der Waals surface area contributed by atoms with Crippen molar-refractivity contribution in [2.45, 2.75) is 18.9 Å². The molecule has 0 spiro atoms. The lowest BCUT2D eigenvalue weighted by molar-refractivity contribution is -0.385. The Labute approximate surface area is 163 Å². The maximum atomic E-state index is 13.1. The lowest BCUT2D eigenvalue weighted by atomic mass is 9.90. The molecule has 7 heteroatoms. The van der Waals surface area contributed by atoms with Crippen LogP contribution >= 0.6 is 0 Å². The summed E-state index contributed by atoms with van der Waals surface area (Å²) in [5.41, 5.74) is 2.26. The van der Waals surface area contributed by atoms with Crippen molar-refractivity contribution < 1.29 is 14.1 Å². The first-order valence-electron chi connectivity index (χ1n) is 9.04. The lowest BCUT2D eigenvalue weighted by Crippen LogP contribution is -2.57. The standard InChI is InChI=1S/C21H24FN3O3/c1-21(12-15-7-9-16(22)10-8-15)14-24(2)17(13-23-21)11-18-19(25(26)27)5-4-6-20(18)28-3/h4-11,23H,12-14H2,1-3H3. The van der Waals surface area contributed by atoms with Crippen molar-refractivity contribution in [2.75, 3.05) is 27.2 Å². The number of nitrogens with one attached hydrogen (secondary N) is 1. The quantitative estimate of drug-likeness (QED) is 0.629. The fraction of sp³-hybridized carbons (Fsp3) is 0.333. The summed E-state index contributed by atoms with van der Waals surface area (Å²) in [6.07, 6.45) is 2.56. The van der Waals surface area contributed by atoms with E-state index < -0.39 is 4.92 Å². The SMILES string of the molecule is COc1cccc([N+](=O)[O-])c1C=C1CNC(C)(Cc2ccc(F)cc2)CN1C. The number of likely N-dealkylation sites (N-methyl/N-ethyl adjacent to an activating group) is 1. The molecular weight excluding hydrogens is 361 g/mol. The Morgan fingerprint density at radius 3 is 2.64 bits per heavy atom. The van der Waals surface area contributed by atoms with E-state index in [1.807, 2.05) is 7.05 Å². The number of benzene rings is 2. The van der Waals surface area contributed by atoms with E-state index >= 15 is 0 Å². The molecule has 1 unspecified atom stereocenters. The first kappa shape index (κ1) is 19.8. The third-order valence-electron chi connectivity index (χ3n) is 5.05. The molecule has 0 aliphatic carbocycles. The molecule has 1 heterocycles. The van der Waals surface area contributed by atoms with Gasteiger partial charge in [0, 0.05) is 37.4 Å². The first-order chi connectivity index (χ1) is 13.3. The van der Waals surface area contributed by atoms with Crippen molar-refractivity contribution in [1.29, 1.82) is 0 Å². The van der Waals surface area contributed by atoms with Crippen LogP contribution in [0.2, 0.25) is 0 Å². The van der Waals surface area contributed by atoms with E-state index in [-0.39, 0.29) is 17.0 Å². The van der Waals surface area contributed by atoms with E-state index in [9.17, 15) is 14.5 Å². The molecule has 1 N–H and O–H groups in total. The normalized spacial score (nSPS) is 21.0. The Hall–Kier alpha value is -2.93. The van der Waals surface area contributed by atoms with Crippen LogP contribution < -0.4 is 10.1 Å². The molecule has 0 amide bonds. The maximum Gasteiger partial charge on any atom is 0.280 e. The van der Waals surface area contributed by atoms with Gasteiger partial charge in [0.05, 0.1) is 17.6 Å². The van der Waals surface area contributed by atoms with Crippen LogP contribution in [0.4, 0.5) is 10.1 Å². The van der Waals surface area contributed by atoms with E-state index in [0.29, 0.717) is 24.4 Å². The van der Waals surface area contributed by atoms with Crippen molar-refractivity contribution in [2.24, 2.45) is 0 Å². The summed E-state index contributed by atoms with van der Waals surface area (Å²) >= 11 is 0. The fourth-order valence-electron chi connectivity index (χ4n) is 3.63. The number of halogens is 1.